The maximum atomic E-state index is 2.41. The molecule has 0 bridgehead atoms. The van der Waals surface area contributed by atoms with Gasteiger partial charge < -0.3 is 14.4 Å². The molecule has 12 aromatic rings. The summed E-state index contributed by atoms with van der Waals surface area (Å²) < 4.78 is 2.41. The highest BCUT2D eigenvalue weighted by Crippen LogP contribution is 2.43. The minimum Gasteiger partial charge on any atom is -0.310 e. The third kappa shape index (κ3) is 7.06. The Morgan fingerprint density at radius 1 is 0.231 bits per heavy atom. The van der Waals surface area contributed by atoms with E-state index in [-0.39, 0.29) is 0 Å². The van der Waals surface area contributed by atoms with Crippen molar-refractivity contribution in [3.05, 3.63) is 261 Å². The molecule has 3 nitrogen and oxygen atoms in total. The number of fused-ring (bicyclic) bond motifs is 5. The SMILES string of the molecule is c1ccc(-c2ccc(-n3c4ccccc4c4ccc(-c5cccc(N(c6cccc(N(c7ccccc7)c7ccc8ccccc8c7)c6)c6ccc7ccccc7c6)c5)cc43)cc2)cc1. The summed E-state index contributed by atoms with van der Waals surface area (Å²) in [7, 11) is 0. The first-order valence-electron chi connectivity index (χ1n) is 22.2. The van der Waals surface area contributed by atoms with Crippen molar-refractivity contribution in [1.82, 2.24) is 4.57 Å². The molecule has 0 spiro atoms. The smallest absolute Gasteiger partial charge is 0.0547 e. The van der Waals surface area contributed by atoms with Gasteiger partial charge >= 0.3 is 0 Å². The number of hydrogen-bond acceptors (Lipinski definition) is 2. The predicted octanol–water partition coefficient (Wildman–Crippen LogP) is 17.4. The number of para-hydroxylation sites is 2. The third-order valence-corrected chi connectivity index (χ3v) is 12.7. The van der Waals surface area contributed by atoms with E-state index in [0.29, 0.717) is 0 Å². The Labute approximate surface area is 378 Å². The fourth-order valence-electron chi connectivity index (χ4n) is 9.56. The van der Waals surface area contributed by atoms with Crippen LogP contribution in [0, 0.1) is 0 Å². The van der Waals surface area contributed by atoms with Crippen LogP contribution in [0.4, 0.5) is 34.1 Å². The lowest BCUT2D eigenvalue weighted by atomic mass is 10.0. The summed E-state index contributed by atoms with van der Waals surface area (Å²) in [5, 5.41) is 7.31. The second kappa shape index (κ2) is 16.2. The lowest BCUT2D eigenvalue weighted by Crippen LogP contribution is -2.13. The average Bonchev–Trinajstić information content (AvgIpc) is 3.71. The van der Waals surface area contributed by atoms with Crippen molar-refractivity contribution in [2.75, 3.05) is 9.80 Å². The Hall–Kier alpha value is -8.66. The highest BCUT2D eigenvalue weighted by Gasteiger charge is 2.20. The monoisotopic (exact) mass is 829 g/mol. The van der Waals surface area contributed by atoms with Crippen molar-refractivity contribution in [1.29, 1.82) is 0 Å². The molecule has 12 rings (SSSR count). The summed E-state index contributed by atoms with van der Waals surface area (Å²) in [6.07, 6.45) is 0. The Bertz CT molecular complexity index is 3660. The first-order valence-corrected chi connectivity index (χ1v) is 22.2. The topological polar surface area (TPSA) is 11.4 Å². The van der Waals surface area contributed by atoms with Crippen LogP contribution in [0.5, 0.6) is 0 Å². The van der Waals surface area contributed by atoms with Crippen LogP contribution in [-0.4, -0.2) is 4.57 Å². The lowest BCUT2D eigenvalue weighted by molar-refractivity contribution is 1.18. The number of anilines is 6. The average molecular weight is 830 g/mol. The molecule has 0 aliphatic carbocycles. The second-order valence-electron chi connectivity index (χ2n) is 16.6. The van der Waals surface area contributed by atoms with Crippen molar-refractivity contribution in [2.45, 2.75) is 0 Å². The van der Waals surface area contributed by atoms with E-state index in [1.807, 2.05) is 0 Å². The van der Waals surface area contributed by atoms with Crippen LogP contribution < -0.4 is 9.80 Å². The van der Waals surface area contributed by atoms with Gasteiger partial charge in [-0.3, -0.25) is 0 Å². The van der Waals surface area contributed by atoms with E-state index in [1.54, 1.807) is 0 Å². The zero-order valence-corrected chi connectivity index (χ0v) is 35.7. The van der Waals surface area contributed by atoms with Crippen LogP contribution in [0.2, 0.25) is 0 Å². The van der Waals surface area contributed by atoms with Crippen molar-refractivity contribution in [2.24, 2.45) is 0 Å². The summed E-state index contributed by atoms with van der Waals surface area (Å²) in [5.74, 6) is 0. The van der Waals surface area contributed by atoms with E-state index in [4.69, 9.17) is 0 Å². The molecule has 0 radical (unpaired) electrons. The highest BCUT2D eigenvalue weighted by molar-refractivity contribution is 6.10. The van der Waals surface area contributed by atoms with Gasteiger partial charge in [0.15, 0.2) is 0 Å². The van der Waals surface area contributed by atoms with Crippen LogP contribution >= 0.6 is 0 Å². The van der Waals surface area contributed by atoms with Crippen LogP contribution in [0.3, 0.4) is 0 Å². The van der Waals surface area contributed by atoms with Crippen molar-refractivity contribution in [3.63, 3.8) is 0 Å². The minimum absolute atomic E-state index is 1.06. The van der Waals surface area contributed by atoms with E-state index in [1.165, 1.54) is 54.5 Å². The molecule has 0 saturated heterocycles. The fourth-order valence-corrected chi connectivity index (χ4v) is 9.56. The predicted molar refractivity (Wildman–Crippen MR) is 276 cm³/mol. The van der Waals surface area contributed by atoms with Gasteiger partial charge in [-0.1, -0.05) is 170 Å². The largest absolute Gasteiger partial charge is 0.310 e. The molecule has 0 fully saturated rings. The highest BCUT2D eigenvalue weighted by atomic mass is 15.2. The van der Waals surface area contributed by atoms with E-state index in [0.717, 1.165) is 50.9 Å². The van der Waals surface area contributed by atoms with E-state index in [2.05, 4.69) is 275 Å². The van der Waals surface area contributed by atoms with Gasteiger partial charge in [0.25, 0.3) is 0 Å². The van der Waals surface area contributed by atoms with E-state index < -0.39 is 0 Å². The Kier molecular flexibility index (Phi) is 9.50. The summed E-state index contributed by atoms with van der Waals surface area (Å²) in [4.78, 5) is 4.75. The molecule has 0 amide bonds. The third-order valence-electron chi connectivity index (χ3n) is 12.7. The van der Waals surface area contributed by atoms with Gasteiger partial charge in [0.1, 0.15) is 0 Å². The molecule has 1 aromatic heterocycles. The Morgan fingerprint density at radius 3 is 1.35 bits per heavy atom. The first kappa shape index (κ1) is 38.0. The van der Waals surface area contributed by atoms with Crippen molar-refractivity contribution >= 4 is 77.5 Å². The molecule has 3 heteroatoms. The van der Waals surface area contributed by atoms with Crippen LogP contribution in [-0.2, 0) is 0 Å². The number of hydrogen-bond donors (Lipinski definition) is 0. The molecular weight excluding hydrogens is 787 g/mol. The van der Waals surface area contributed by atoms with Crippen LogP contribution in [0.1, 0.15) is 0 Å². The van der Waals surface area contributed by atoms with Gasteiger partial charge in [-0.25, -0.2) is 0 Å². The normalized spacial score (nSPS) is 11.4. The Balaban J connectivity index is 0.993. The zero-order chi connectivity index (χ0) is 43.1. The van der Waals surface area contributed by atoms with Crippen molar-refractivity contribution < 1.29 is 0 Å². The molecule has 65 heavy (non-hydrogen) atoms. The fraction of sp³-hybridized carbons (Fsp3) is 0. The molecule has 0 N–H and O–H groups in total. The van der Waals surface area contributed by atoms with Gasteiger partial charge in [0, 0.05) is 50.6 Å². The van der Waals surface area contributed by atoms with Gasteiger partial charge in [-0.15, -0.1) is 0 Å². The minimum atomic E-state index is 1.06. The van der Waals surface area contributed by atoms with Crippen LogP contribution in [0.25, 0.3) is 71.3 Å². The van der Waals surface area contributed by atoms with Gasteiger partial charge in [0.2, 0.25) is 0 Å². The maximum absolute atomic E-state index is 2.41. The molecule has 0 unspecified atom stereocenters. The second-order valence-corrected chi connectivity index (χ2v) is 16.6. The molecule has 306 valence electrons. The summed E-state index contributed by atoms with van der Waals surface area (Å²) in [6.45, 7) is 0. The molecule has 0 atom stereocenters. The molecule has 0 aliphatic heterocycles. The molecule has 0 saturated carbocycles. The zero-order valence-electron chi connectivity index (χ0n) is 35.7. The number of nitrogens with zero attached hydrogens (tertiary/aromatic N) is 3. The quantitative estimate of drug-likeness (QED) is 0.144. The van der Waals surface area contributed by atoms with Gasteiger partial charge in [-0.05, 0) is 135 Å². The summed E-state index contributed by atoms with van der Waals surface area (Å²) in [6, 6.07) is 94.5. The van der Waals surface area contributed by atoms with E-state index >= 15 is 0 Å². The van der Waals surface area contributed by atoms with E-state index in [9.17, 15) is 0 Å². The Morgan fingerprint density at radius 2 is 0.677 bits per heavy atom. The number of aromatic nitrogens is 1. The summed E-state index contributed by atoms with van der Waals surface area (Å²) >= 11 is 0. The lowest BCUT2D eigenvalue weighted by Gasteiger charge is -2.30. The number of rotatable bonds is 9. The number of benzene rings is 11. The standard InChI is InChI=1S/C62H43N3/c1-3-15-44(16-4-1)47-29-34-53(35-30-47)65-61-28-12-11-27-59(61)60-38-33-51(42-62(60)65)50-21-13-24-54(41-50)64(58-37-32-46-18-8-10-20-49(46)40-58)56-26-14-25-55(43-56)63(52-22-5-2-6-23-52)57-36-31-45-17-7-9-19-48(45)39-57/h1-43H. The maximum Gasteiger partial charge on any atom is 0.0547 e. The van der Waals surface area contributed by atoms with Gasteiger partial charge in [0.05, 0.1) is 11.0 Å². The molecule has 1 heterocycles. The van der Waals surface area contributed by atoms with Crippen molar-refractivity contribution in [3.8, 4) is 27.9 Å². The van der Waals surface area contributed by atoms with Gasteiger partial charge in [-0.2, -0.15) is 0 Å². The first-order chi connectivity index (χ1) is 32.2. The molecule has 0 aliphatic rings. The van der Waals surface area contributed by atoms with Crippen LogP contribution in [0.15, 0.2) is 261 Å². The molecular formula is C62H43N3. The molecule has 11 aromatic carbocycles. The summed E-state index contributed by atoms with van der Waals surface area (Å²) in [5.41, 5.74) is 14.7.